The first-order valence-corrected chi connectivity index (χ1v) is 9.70. The zero-order valence-corrected chi connectivity index (χ0v) is 16.3. The Morgan fingerprint density at radius 1 is 1.31 bits per heavy atom. The van der Waals surface area contributed by atoms with Crippen molar-refractivity contribution in [3.05, 3.63) is 41.6 Å². The van der Waals surface area contributed by atoms with E-state index in [9.17, 15) is 9.90 Å². The van der Waals surface area contributed by atoms with Gasteiger partial charge in [0, 0.05) is 34.8 Å². The van der Waals surface area contributed by atoms with Gasteiger partial charge in [0.05, 0.1) is 6.54 Å². The summed E-state index contributed by atoms with van der Waals surface area (Å²) in [7, 11) is 0. The molecule has 3 heterocycles. The number of nitrogens with one attached hydrogen (secondary N) is 1. The number of anilines is 1. The summed E-state index contributed by atoms with van der Waals surface area (Å²) in [5, 5.41) is 32.6. The maximum Gasteiger partial charge on any atom is 0.317 e. The third-order valence-corrected chi connectivity index (χ3v) is 5.19. The minimum absolute atomic E-state index is 0.0102. The van der Waals surface area contributed by atoms with Crippen molar-refractivity contribution in [1.82, 2.24) is 20.1 Å². The fourth-order valence-corrected chi connectivity index (χ4v) is 3.85. The molecule has 2 aromatic heterocycles. The Hall–Kier alpha value is -2.97. The second-order valence-electron chi connectivity index (χ2n) is 7.07. The third kappa shape index (κ3) is 4.23. The average molecular weight is 414 g/mol. The Kier molecular flexibility index (Phi) is 5.46. The Labute approximate surface area is 172 Å². The second-order valence-corrected chi connectivity index (χ2v) is 7.51. The van der Waals surface area contributed by atoms with Gasteiger partial charge in [0.15, 0.2) is 5.82 Å². The molecule has 0 bridgehead atoms. The normalized spacial score (nSPS) is 17.3. The average Bonchev–Trinajstić information content (AvgIpc) is 2.69. The molecule has 3 N–H and O–H groups in total. The summed E-state index contributed by atoms with van der Waals surface area (Å²) in [6.45, 7) is 1.42. The van der Waals surface area contributed by atoms with Gasteiger partial charge in [-0.3, -0.25) is 14.7 Å². The van der Waals surface area contributed by atoms with Gasteiger partial charge in [-0.2, -0.15) is 0 Å². The van der Waals surface area contributed by atoms with Gasteiger partial charge in [-0.1, -0.05) is 11.6 Å². The van der Waals surface area contributed by atoms with Gasteiger partial charge in [-0.15, -0.1) is 10.2 Å². The molecule has 1 fully saturated rings. The van der Waals surface area contributed by atoms with Gasteiger partial charge in [0.1, 0.15) is 17.0 Å². The number of aromatic hydroxyl groups is 1. The molecule has 9 heteroatoms. The highest BCUT2D eigenvalue weighted by molar-refractivity contribution is 6.30. The number of aliphatic carboxylic acids is 1. The van der Waals surface area contributed by atoms with Crippen LogP contribution in [0.2, 0.25) is 5.02 Å². The molecule has 1 aromatic carbocycles. The van der Waals surface area contributed by atoms with E-state index in [-0.39, 0.29) is 18.3 Å². The van der Waals surface area contributed by atoms with Crippen molar-refractivity contribution in [2.45, 2.75) is 18.9 Å². The zero-order valence-electron chi connectivity index (χ0n) is 15.5. The number of rotatable bonds is 5. The number of pyridine rings is 1. The molecule has 3 aromatic rings. The number of nitrogens with zero attached hydrogens (tertiary/aromatic N) is 4. The maximum atomic E-state index is 11.0. The van der Waals surface area contributed by atoms with Crippen LogP contribution in [-0.2, 0) is 4.79 Å². The number of fused-ring (bicyclic) bond motifs is 1. The van der Waals surface area contributed by atoms with Crippen LogP contribution in [0.1, 0.15) is 12.8 Å². The number of phenolic OH excluding ortho intramolecular Hbond substituents is 1. The van der Waals surface area contributed by atoms with Gasteiger partial charge in [-0.05, 0) is 49.7 Å². The molecule has 4 rings (SSSR count). The number of carbonyl (C=O) groups is 1. The molecule has 29 heavy (non-hydrogen) atoms. The summed E-state index contributed by atoms with van der Waals surface area (Å²) in [5.41, 5.74) is 1.58. The van der Waals surface area contributed by atoms with E-state index in [1.165, 1.54) is 6.07 Å². The molecule has 1 atom stereocenters. The van der Waals surface area contributed by atoms with Crippen LogP contribution in [0.15, 0.2) is 36.5 Å². The van der Waals surface area contributed by atoms with Crippen LogP contribution in [0.4, 0.5) is 5.82 Å². The first-order chi connectivity index (χ1) is 14.0. The molecule has 8 nitrogen and oxygen atoms in total. The number of halogens is 1. The summed E-state index contributed by atoms with van der Waals surface area (Å²) >= 11 is 5.94. The number of likely N-dealkylation sites (tertiary alicyclic amines) is 1. The van der Waals surface area contributed by atoms with E-state index in [1.54, 1.807) is 18.3 Å². The van der Waals surface area contributed by atoms with Gasteiger partial charge >= 0.3 is 5.97 Å². The zero-order chi connectivity index (χ0) is 20.4. The number of carboxylic acid groups (broad SMARTS) is 1. The molecule has 0 aliphatic carbocycles. The number of phenols is 1. The molecule has 1 saturated heterocycles. The third-order valence-electron chi connectivity index (χ3n) is 4.96. The summed E-state index contributed by atoms with van der Waals surface area (Å²) < 4.78 is 0. The standard InChI is InChI=1S/C20H20ClN5O3/c21-12-5-6-14(16(27)9-12)19-18-15(4-1-7-22-18)20(25-24-19)23-13-3-2-8-26(10-13)11-17(28)29/h1,4-7,9,13,27H,2-3,8,10-11H2,(H,23,25)(H,28,29). The van der Waals surface area contributed by atoms with E-state index in [4.69, 9.17) is 16.7 Å². The fourth-order valence-electron chi connectivity index (χ4n) is 3.68. The lowest BCUT2D eigenvalue weighted by Crippen LogP contribution is -2.44. The summed E-state index contributed by atoms with van der Waals surface area (Å²) in [6, 6.07) is 8.60. The Bertz CT molecular complexity index is 1060. The van der Waals surface area contributed by atoms with E-state index in [0.29, 0.717) is 34.2 Å². The molecule has 0 radical (unpaired) electrons. The molecule has 1 aliphatic heterocycles. The minimum atomic E-state index is -0.827. The van der Waals surface area contributed by atoms with Crippen molar-refractivity contribution in [2.24, 2.45) is 0 Å². The lowest BCUT2D eigenvalue weighted by Gasteiger charge is -2.32. The van der Waals surface area contributed by atoms with Crippen molar-refractivity contribution < 1.29 is 15.0 Å². The van der Waals surface area contributed by atoms with Crippen molar-refractivity contribution in [3.8, 4) is 17.0 Å². The van der Waals surface area contributed by atoms with Crippen LogP contribution in [0.3, 0.4) is 0 Å². The van der Waals surface area contributed by atoms with E-state index >= 15 is 0 Å². The quantitative estimate of drug-likeness (QED) is 0.585. The van der Waals surface area contributed by atoms with Crippen molar-refractivity contribution >= 4 is 34.3 Å². The number of hydrogen-bond donors (Lipinski definition) is 3. The largest absolute Gasteiger partial charge is 0.507 e. The number of hydrogen-bond acceptors (Lipinski definition) is 7. The van der Waals surface area contributed by atoms with Crippen molar-refractivity contribution in [1.29, 1.82) is 0 Å². The van der Waals surface area contributed by atoms with Crippen LogP contribution in [-0.4, -0.2) is 61.9 Å². The first-order valence-electron chi connectivity index (χ1n) is 9.32. The van der Waals surface area contributed by atoms with Gasteiger partial charge in [0.25, 0.3) is 0 Å². The SMILES string of the molecule is O=C(O)CN1CCCC(Nc2nnc(-c3ccc(Cl)cc3O)c3ncccc23)C1. The monoisotopic (exact) mass is 413 g/mol. The Morgan fingerprint density at radius 2 is 2.17 bits per heavy atom. The molecular weight excluding hydrogens is 394 g/mol. The molecule has 0 amide bonds. The smallest absolute Gasteiger partial charge is 0.317 e. The van der Waals surface area contributed by atoms with E-state index < -0.39 is 5.97 Å². The number of aromatic nitrogens is 3. The van der Waals surface area contributed by atoms with E-state index in [2.05, 4.69) is 20.5 Å². The van der Waals surface area contributed by atoms with Crippen molar-refractivity contribution in [3.63, 3.8) is 0 Å². The Morgan fingerprint density at radius 3 is 2.97 bits per heavy atom. The number of carboxylic acids is 1. The van der Waals surface area contributed by atoms with Gasteiger partial charge in [-0.25, -0.2) is 0 Å². The highest BCUT2D eigenvalue weighted by Gasteiger charge is 2.23. The predicted octanol–water partition coefficient (Wildman–Crippen LogP) is 3.01. The van der Waals surface area contributed by atoms with Gasteiger partial charge < -0.3 is 15.5 Å². The molecule has 150 valence electrons. The van der Waals surface area contributed by atoms with Crippen LogP contribution in [0.25, 0.3) is 22.2 Å². The number of benzene rings is 1. The molecule has 0 spiro atoms. The lowest BCUT2D eigenvalue weighted by molar-refractivity contribution is -0.138. The van der Waals surface area contributed by atoms with Gasteiger partial charge in [0.2, 0.25) is 0 Å². The molecule has 0 saturated carbocycles. The van der Waals surface area contributed by atoms with Crippen LogP contribution >= 0.6 is 11.6 Å². The first kappa shape index (κ1) is 19.4. The minimum Gasteiger partial charge on any atom is -0.507 e. The topological polar surface area (TPSA) is 111 Å². The predicted molar refractivity (Wildman–Crippen MR) is 110 cm³/mol. The van der Waals surface area contributed by atoms with Crippen molar-refractivity contribution in [2.75, 3.05) is 25.0 Å². The van der Waals surface area contributed by atoms with Crippen LogP contribution < -0.4 is 5.32 Å². The molecule has 1 unspecified atom stereocenters. The lowest BCUT2D eigenvalue weighted by atomic mass is 10.0. The Balaban J connectivity index is 1.66. The van der Waals surface area contributed by atoms with Crippen LogP contribution in [0, 0.1) is 0 Å². The number of piperidine rings is 1. The highest BCUT2D eigenvalue weighted by Crippen LogP contribution is 2.35. The summed E-state index contributed by atoms with van der Waals surface area (Å²) in [6.07, 6.45) is 3.49. The molecule has 1 aliphatic rings. The maximum absolute atomic E-state index is 11.0. The highest BCUT2D eigenvalue weighted by atomic mass is 35.5. The van der Waals surface area contributed by atoms with E-state index in [0.717, 1.165) is 24.8 Å². The van der Waals surface area contributed by atoms with Crippen LogP contribution in [0.5, 0.6) is 5.75 Å². The molecular formula is C20H20ClN5O3. The second kappa shape index (κ2) is 8.18. The fraction of sp³-hybridized carbons (Fsp3) is 0.300. The summed E-state index contributed by atoms with van der Waals surface area (Å²) in [5.74, 6) is -0.226. The van der Waals surface area contributed by atoms with E-state index in [1.807, 2.05) is 17.0 Å². The summed E-state index contributed by atoms with van der Waals surface area (Å²) in [4.78, 5) is 17.4.